The van der Waals surface area contributed by atoms with Crippen molar-refractivity contribution in [2.24, 2.45) is 5.92 Å². The Hall–Kier alpha value is -3.06. The van der Waals surface area contributed by atoms with E-state index in [4.69, 9.17) is 4.98 Å². The van der Waals surface area contributed by atoms with E-state index >= 15 is 0 Å². The van der Waals surface area contributed by atoms with Gasteiger partial charge in [-0.25, -0.2) is 4.98 Å². The van der Waals surface area contributed by atoms with Crippen LogP contribution in [0.1, 0.15) is 30.4 Å². The number of imidazole rings is 1. The minimum Gasteiger partial charge on any atom is -0.369 e. The number of rotatable bonds is 7. The van der Waals surface area contributed by atoms with Gasteiger partial charge in [0.25, 0.3) is 0 Å². The van der Waals surface area contributed by atoms with Gasteiger partial charge in [-0.05, 0) is 69.0 Å². The number of aryl methyl sites for hydroxylation is 2. The summed E-state index contributed by atoms with van der Waals surface area (Å²) in [5.41, 5.74) is 6.12. The van der Waals surface area contributed by atoms with Crippen LogP contribution in [0.15, 0.2) is 42.5 Å². The number of anilines is 2. The number of hydrogen-bond donors (Lipinski definition) is 2. The number of nitrogens with one attached hydrogen (secondary N) is 2. The van der Waals surface area contributed by atoms with Crippen LogP contribution < -0.4 is 15.1 Å². The van der Waals surface area contributed by atoms with E-state index in [-0.39, 0.29) is 11.8 Å². The molecule has 0 saturated carbocycles. The number of carbonyl (C=O) groups is 1. The molecule has 2 fully saturated rings. The molecule has 0 unspecified atom stereocenters. The number of amides is 1. The van der Waals surface area contributed by atoms with Crippen LogP contribution in [-0.2, 0) is 4.79 Å². The highest BCUT2D eigenvalue weighted by Crippen LogP contribution is 2.24. The Morgan fingerprint density at radius 3 is 2.54 bits per heavy atom. The number of nitrogens with zero attached hydrogens (tertiary/aromatic N) is 4. The Bertz CT molecular complexity index is 1110. The van der Waals surface area contributed by atoms with Gasteiger partial charge in [0.1, 0.15) is 0 Å². The molecule has 0 bridgehead atoms. The van der Waals surface area contributed by atoms with Crippen LogP contribution in [-0.4, -0.2) is 73.1 Å². The Labute approximate surface area is 208 Å². The molecule has 0 aliphatic carbocycles. The average Bonchev–Trinajstić information content (AvgIpc) is 3.33. The van der Waals surface area contributed by atoms with E-state index < -0.39 is 0 Å². The van der Waals surface area contributed by atoms with Crippen molar-refractivity contribution >= 4 is 28.6 Å². The van der Waals surface area contributed by atoms with Crippen LogP contribution in [0.25, 0.3) is 11.0 Å². The van der Waals surface area contributed by atoms with Crippen molar-refractivity contribution < 1.29 is 4.79 Å². The minimum absolute atomic E-state index is 0.108. The van der Waals surface area contributed by atoms with Crippen molar-refractivity contribution in [1.29, 1.82) is 0 Å². The minimum atomic E-state index is 0.108. The SMILES string of the molecule is Cc1ccc(C)c(N2CCN(CCCNC(=O)C3CCN(c4nc5ccccc5[nH]4)CC3)CC2)c1. The fourth-order valence-electron chi connectivity index (χ4n) is 5.37. The van der Waals surface area contributed by atoms with Crippen LogP contribution in [0.5, 0.6) is 0 Å². The maximum absolute atomic E-state index is 12.7. The van der Waals surface area contributed by atoms with Gasteiger partial charge < -0.3 is 20.1 Å². The third-order valence-electron chi connectivity index (χ3n) is 7.57. The summed E-state index contributed by atoms with van der Waals surface area (Å²) in [6.45, 7) is 12.2. The number of piperidine rings is 1. The third kappa shape index (κ3) is 5.61. The van der Waals surface area contributed by atoms with Crippen molar-refractivity contribution in [3.63, 3.8) is 0 Å². The molecule has 3 heterocycles. The van der Waals surface area contributed by atoms with Gasteiger partial charge in [-0.2, -0.15) is 0 Å². The van der Waals surface area contributed by atoms with Gasteiger partial charge in [0.15, 0.2) is 0 Å². The summed E-state index contributed by atoms with van der Waals surface area (Å²) < 4.78 is 0. The Morgan fingerprint density at radius 1 is 1.00 bits per heavy atom. The first-order valence-corrected chi connectivity index (χ1v) is 13.1. The second-order valence-electron chi connectivity index (χ2n) is 10.1. The fraction of sp³-hybridized carbons (Fsp3) is 0.500. The van der Waals surface area contributed by atoms with Crippen LogP contribution in [0.2, 0.25) is 0 Å². The molecule has 1 aromatic heterocycles. The zero-order valence-corrected chi connectivity index (χ0v) is 21.1. The fourth-order valence-corrected chi connectivity index (χ4v) is 5.37. The van der Waals surface area contributed by atoms with Crippen LogP contribution in [0.3, 0.4) is 0 Å². The van der Waals surface area contributed by atoms with Gasteiger partial charge in [0, 0.05) is 57.4 Å². The summed E-state index contributed by atoms with van der Waals surface area (Å²) in [5, 5.41) is 3.20. The average molecular weight is 475 g/mol. The maximum Gasteiger partial charge on any atom is 0.223 e. The lowest BCUT2D eigenvalue weighted by Crippen LogP contribution is -2.47. The number of benzene rings is 2. The summed E-state index contributed by atoms with van der Waals surface area (Å²) in [7, 11) is 0. The van der Waals surface area contributed by atoms with Gasteiger partial charge in [-0.3, -0.25) is 9.69 Å². The zero-order chi connectivity index (χ0) is 24.2. The molecule has 2 N–H and O–H groups in total. The molecule has 1 amide bonds. The number of fused-ring (bicyclic) bond motifs is 1. The normalized spacial score (nSPS) is 17.8. The molecule has 7 nitrogen and oxygen atoms in total. The standard InChI is InChI=1S/C28H38N6O/c1-21-8-9-22(2)26(20-21)33-18-16-32(17-19-33)13-5-12-29-27(35)23-10-14-34(15-11-23)28-30-24-6-3-4-7-25(24)31-28/h3-4,6-9,20,23H,5,10-19H2,1-2H3,(H,29,35)(H,30,31). The van der Waals surface area contributed by atoms with E-state index in [1.54, 1.807) is 0 Å². The molecule has 35 heavy (non-hydrogen) atoms. The first-order chi connectivity index (χ1) is 17.1. The van der Waals surface area contributed by atoms with Crippen molar-refractivity contribution in [1.82, 2.24) is 20.2 Å². The topological polar surface area (TPSA) is 67.5 Å². The zero-order valence-electron chi connectivity index (χ0n) is 21.1. The summed E-state index contributed by atoms with van der Waals surface area (Å²) in [5.74, 6) is 1.24. The van der Waals surface area contributed by atoms with Crippen molar-refractivity contribution in [3.8, 4) is 0 Å². The highest BCUT2D eigenvalue weighted by Gasteiger charge is 2.26. The summed E-state index contributed by atoms with van der Waals surface area (Å²) in [6.07, 6.45) is 2.76. The summed E-state index contributed by atoms with van der Waals surface area (Å²) in [6, 6.07) is 14.8. The van der Waals surface area contributed by atoms with Crippen LogP contribution in [0.4, 0.5) is 11.6 Å². The Morgan fingerprint density at radius 2 is 1.77 bits per heavy atom. The van der Waals surface area contributed by atoms with E-state index in [1.807, 2.05) is 18.2 Å². The molecule has 2 saturated heterocycles. The monoisotopic (exact) mass is 474 g/mol. The highest BCUT2D eigenvalue weighted by atomic mass is 16.1. The first-order valence-electron chi connectivity index (χ1n) is 13.1. The number of para-hydroxylation sites is 2. The van der Waals surface area contributed by atoms with Gasteiger partial charge in [0.2, 0.25) is 11.9 Å². The molecular formula is C28H38N6O. The van der Waals surface area contributed by atoms with Crippen LogP contribution in [0, 0.1) is 19.8 Å². The van der Waals surface area contributed by atoms with Crippen molar-refractivity contribution in [2.75, 3.05) is 62.2 Å². The lowest BCUT2D eigenvalue weighted by atomic mass is 9.96. The quantitative estimate of drug-likeness (QED) is 0.511. The van der Waals surface area contributed by atoms with E-state index in [9.17, 15) is 4.79 Å². The summed E-state index contributed by atoms with van der Waals surface area (Å²) >= 11 is 0. The smallest absolute Gasteiger partial charge is 0.223 e. The number of hydrogen-bond acceptors (Lipinski definition) is 5. The third-order valence-corrected chi connectivity index (χ3v) is 7.57. The molecule has 186 valence electrons. The number of carbonyl (C=O) groups excluding carboxylic acids is 1. The highest BCUT2D eigenvalue weighted by molar-refractivity contribution is 5.79. The van der Waals surface area contributed by atoms with Crippen LogP contribution >= 0.6 is 0 Å². The second-order valence-corrected chi connectivity index (χ2v) is 10.1. The van der Waals surface area contributed by atoms with E-state index in [0.717, 1.165) is 88.6 Å². The van der Waals surface area contributed by atoms with Gasteiger partial charge in [-0.1, -0.05) is 24.3 Å². The lowest BCUT2D eigenvalue weighted by molar-refractivity contribution is -0.125. The molecule has 2 aromatic carbocycles. The first kappa shape index (κ1) is 23.7. The lowest BCUT2D eigenvalue weighted by Gasteiger charge is -2.37. The molecule has 0 atom stereocenters. The van der Waals surface area contributed by atoms with E-state index in [0.29, 0.717) is 0 Å². The van der Waals surface area contributed by atoms with Gasteiger partial charge in [0.05, 0.1) is 11.0 Å². The predicted molar refractivity (Wildman–Crippen MR) is 143 cm³/mol. The number of aromatic amines is 1. The van der Waals surface area contributed by atoms with Gasteiger partial charge >= 0.3 is 0 Å². The molecule has 3 aromatic rings. The molecule has 7 heteroatoms. The molecule has 5 rings (SSSR count). The molecular weight excluding hydrogens is 436 g/mol. The predicted octanol–water partition coefficient (Wildman–Crippen LogP) is 3.72. The van der Waals surface area contributed by atoms with E-state index in [1.165, 1.54) is 16.8 Å². The maximum atomic E-state index is 12.7. The number of piperazine rings is 1. The number of H-pyrrole nitrogens is 1. The molecule has 0 radical (unpaired) electrons. The largest absolute Gasteiger partial charge is 0.369 e. The summed E-state index contributed by atoms with van der Waals surface area (Å²) in [4.78, 5) is 28.1. The number of aromatic nitrogens is 2. The second kappa shape index (κ2) is 10.7. The van der Waals surface area contributed by atoms with Crippen molar-refractivity contribution in [3.05, 3.63) is 53.6 Å². The Balaban J connectivity index is 0.994. The van der Waals surface area contributed by atoms with Crippen molar-refractivity contribution in [2.45, 2.75) is 33.1 Å². The molecule has 2 aliphatic rings. The Kier molecular flexibility index (Phi) is 7.23. The van der Waals surface area contributed by atoms with E-state index in [2.05, 4.69) is 63.1 Å². The van der Waals surface area contributed by atoms with Gasteiger partial charge in [-0.15, -0.1) is 0 Å². The molecule has 0 spiro atoms. The molecule has 2 aliphatic heterocycles.